The maximum atomic E-state index is 3.80. The van der Waals surface area contributed by atoms with Crippen molar-refractivity contribution in [2.75, 3.05) is 20.1 Å². The summed E-state index contributed by atoms with van der Waals surface area (Å²) in [5.74, 6) is 0. The average Bonchev–Trinajstić information content (AvgIpc) is 2.00. The molecule has 82 valence electrons. The fourth-order valence-corrected chi connectivity index (χ4v) is 3.03. The molecule has 0 radical (unpaired) electrons. The van der Waals surface area contributed by atoms with E-state index in [1.165, 1.54) is 38.8 Å². The van der Waals surface area contributed by atoms with E-state index in [2.05, 4.69) is 31.1 Å². The van der Waals surface area contributed by atoms with Crippen LogP contribution in [0.2, 0.25) is 0 Å². The highest BCUT2D eigenvalue weighted by molar-refractivity contribution is 4.94. The van der Waals surface area contributed by atoms with Gasteiger partial charge in [0.2, 0.25) is 0 Å². The first-order valence-electron chi connectivity index (χ1n) is 6.00. The van der Waals surface area contributed by atoms with Crippen LogP contribution in [-0.2, 0) is 0 Å². The summed E-state index contributed by atoms with van der Waals surface area (Å²) in [5, 5.41) is 3.80. The Morgan fingerprint density at radius 1 is 1.21 bits per heavy atom. The van der Waals surface area contributed by atoms with Crippen LogP contribution in [0.1, 0.15) is 39.5 Å². The monoisotopic (exact) mass is 196 g/mol. The molecule has 0 aromatic rings. The van der Waals surface area contributed by atoms with Crippen LogP contribution in [0.15, 0.2) is 0 Å². The van der Waals surface area contributed by atoms with Crippen molar-refractivity contribution in [2.24, 2.45) is 5.41 Å². The molecule has 1 heterocycles. The van der Waals surface area contributed by atoms with Gasteiger partial charge in [-0.25, -0.2) is 0 Å². The molecule has 1 unspecified atom stereocenters. The van der Waals surface area contributed by atoms with Crippen molar-refractivity contribution < 1.29 is 0 Å². The lowest BCUT2D eigenvalue weighted by molar-refractivity contribution is 0.101. The van der Waals surface area contributed by atoms with Crippen LogP contribution >= 0.6 is 0 Å². The van der Waals surface area contributed by atoms with Crippen molar-refractivity contribution in [1.29, 1.82) is 0 Å². The Balaban J connectivity index is 1.71. The predicted octanol–water partition coefficient (Wildman–Crippen LogP) is 1.86. The Bertz CT molecular complexity index is 192. The second-order valence-electron chi connectivity index (χ2n) is 6.04. The maximum Gasteiger partial charge on any atom is 0.0197 e. The molecule has 1 aliphatic carbocycles. The quantitative estimate of drug-likeness (QED) is 0.725. The third-order valence-electron chi connectivity index (χ3n) is 3.69. The van der Waals surface area contributed by atoms with Crippen LogP contribution in [0.4, 0.5) is 0 Å². The van der Waals surface area contributed by atoms with Crippen LogP contribution < -0.4 is 5.32 Å². The van der Waals surface area contributed by atoms with E-state index in [1.54, 1.807) is 0 Å². The number of piperidine rings is 1. The lowest BCUT2D eigenvalue weighted by Crippen LogP contribution is -2.54. The lowest BCUT2D eigenvalue weighted by Gasteiger charge is -2.45. The normalized spacial score (nSPS) is 34.1. The predicted molar refractivity (Wildman–Crippen MR) is 60.5 cm³/mol. The average molecular weight is 196 g/mol. The second kappa shape index (κ2) is 3.82. The van der Waals surface area contributed by atoms with Crippen LogP contribution in [0.25, 0.3) is 0 Å². The van der Waals surface area contributed by atoms with E-state index in [4.69, 9.17) is 0 Å². The van der Waals surface area contributed by atoms with Gasteiger partial charge < -0.3 is 10.2 Å². The van der Waals surface area contributed by atoms with E-state index < -0.39 is 0 Å². The van der Waals surface area contributed by atoms with Gasteiger partial charge in [0, 0.05) is 18.6 Å². The molecule has 0 aromatic carbocycles. The molecule has 1 saturated carbocycles. The standard InChI is InChI=1S/C12H24N2/c1-12(2)7-11(8-12)13-10-5-4-6-14(3)9-10/h10-11,13H,4-9H2,1-3H3. The lowest BCUT2D eigenvalue weighted by atomic mass is 9.68. The molecule has 2 fully saturated rings. The van der Waals surface area contributed by atoms with Gasteiger partial charge in [0.25, 0.3) is 0 Å². The Morgan fingerprint density at radius 2 is 1.93 bits per heavy atom. The summed E-state index contributed by atoms with van der Waals surface area (Å²) in [7, 11) is 2.23. The van der Waals surface area contributed by atoms with Crippen LogP contribution in [0.3, 0.4) is 0 Å². The minimum absolute atomic E-state index is 0.609. The van der Waals surface area contributed by atoms with E-state index in [9.17, 15) is 0 Å². The minimum atomic E-state index is 0.609. The highest BCUT2D eigenvalue weighted by Gasteiger charge is 2.37. The van der Waals surface area contributed by atoms with Crippen molar-refractivity contribution in [3.05, 3.63) is 0 Å². The van der Waals surface area contributed by atoms with E-state index in [1.807, 2.05) is 0 Å². The van der Waals surface area contributed by atoms with Gasteiger partial charge in [-0.1, -0.05) is 13.8 Å². The number of hydrogen-bond donors (Lipinski definition) is 1. The molecule has 0 bridgehead atoms. The van der Waals surface area contributed by atoms with Gasteiger partial charge in [0.05, 0.1) is 0 Å². The highest BCUT2D eigenvalue weighted by atomic mass is 15.1. The van der Waals surface area contributed by atoms with Gasteiger partial charge >= 0.3 is 0 Å². The number of nitrogens with one attached hydrogen (secondary N) is 1. The summed E-state index contributed by atoms with van der Waals surface area (Å²) >= 11 is 0. The molecule has 2 aliphatic rings. The first-order chi connectivity index (χ1) is 6.55. The molecule has 2 heteroatoms. The van der Waals surface area contributed by atoms with E-state index in [0.717, 1.165) is 12.1 Å². The number of nitrogens with zero attached hydrogens (tertiary/aromatic N) is 1. The zero-order valence-electron chi connectivity index (χ0n) is 9.84. The van der Waals surface area contributed by atoms with Gasteiger partial charge in [0.15, 0.2) is 0 Å². The summed E-state index contributed by atoms with van der Waals surface area (Å²) < 4.78 is 0. The topological polar surface area (TPSA) is 15.3 Å². The molecule has 0 amide bonds. The smallest absolute Gasteiger partial charge is 0.0197 e. The Labute approximate surface area is 88.1 Å². The van der Waals surface area contributed by atoms with Gasteiger partial charge in [0.1, 0.15) is 0 Å². The number of likely N-dealkylation sites (N-methyl/N-ethyl adjacent to an activating group) is 1. The summed E-state index contributed by atoms with van der Waals surface area (Å²) in [6.07, 6.45) is 5.48. The molecule has 1 aliphatic heterocycles. The fraction of sp³-hybridized carbons (Fsp3) is 1.00. The van der Waals surface area contributed by atoms with Crippen molar-refractivity contribution in [3.8, 4) is 0 Å². The molecular formula is C12H24N2. The number of rotatable bonds is 2. The maximum absolute atomic E-state index is 3.80. The van der Waals surface area contributed by atoms with Crippen LogP contribution in [0.5, 0.6) is 0 Å². The Morgan fingerprint density at radius 3 is 2.50 bits per heavy atom. The molecule has 1 saturated heterocycles. The summed E-state index contributed by atoms with van der Waals surface area (Å²) in [4.78, 5) is 2.45. The SMILES string of the molecule is CN1CCCC(NC2CC(C)(C)C2)C1. The molecule has 1 N–H and O–H groups in total. The van der Waals surface area contributed by atoms with Gasteiger partial charge in [-0.15, -0.1) is 0 Å². The molecule has 2 rings (SSSR count). The minimum Gasteiger partial charge on any atom is -0.310 e. The summed E-state index contributed by atoms with van der Waals surface area (Å²) in [6, 6.07) is 1.57. The molecule has 0 aromatic heterocycles. The third kappa shape index (κ3) is 2.48. The summed E-state index contributed by atoms with van der Waals surface area (Å²) in [5.41, 5.74) is 0.609. The molecule has 1 atom stereocenters. The first-order valence-corrected chi connectivity index (χ1v) is 6.00. The molecule has 2 nitrogen and oxygen atoms in total. The summed E-state index contributed by atoms with van der Waals surface area (Å²) in [6.45, 7) is 7.28. The van der Waals surface area contributed by atoms with E-state index in [0.29, 0.717) is 5.41 Å². The van der Waals surface area contributed by atoms with E-state index >= 15 is 0 Å². The van der Waals surface area contributed by atoms with Gasteiger partial charge in [-0.2, -0.15) is 0 Å². The largest absolute Gasteiger partial charge is 0.310 e. The van der Waals surface area contributed by atoms with Crippen molar-refractivity contribution >= 4 is 0 Å². The zero-order chi connectivity index (χ0) is 10.2. The fourth-order valence-electron chi connectivity index (χ4n) is 3.03. The first kappa shape index (κ1) is 10.4. The molecule has 14 heavy (non-hydrogen) atoms. The van der Waals surface area contributed by atoms with Crippen molar-refractivity contribution in [2.45, 2.75) is 51.6 Å². The number of likely N-dealkylation sites (tertiary alicyclic amines) is 1. The van der Waals surface area contributed by atoms with Crippen molar-refractivity contribution in [3.63, 3.8) is 0 Å². The van der Waals surface area contributed by atoms with Gasteiger partial charge in [-0.3, -0.25) is 0 Å². The van der Waals surface area contributed by atoms with Crippen LogP contribution in [0, 0.1) is 5.41 Å². The zero-order valence-corrected chi connectivity index (χ0v) is 9.84. The van der Waals surface area contributed by atoms with Crippen LogP contribution in [-0.4, -0.2) is 37.1 Å². The van der Waals surface area contributed by atoms with Crippen molar-refractivity contribution in [1.82, 2.24) is 10.2 Å². The molecule has 0 spiro atoms. The third-order valence-corrected chi connectivity index (χ3v) is 3.69. The second-order valence-corrected chi connectivity index (χ2v) is 6.04. The highest BCUT2D eigenvalue weighted by Crippen LogP contribution is 2.40. The van der Waals surface area contributed by atoms with E-state index in [-0.39, 0.29) is 0 Å². The number of hydrogen-bond acceptors (Lipinski definition) is 2. The Hall–Kier alpha value is -0.0800. The molecular weight excluding hydrogens is 172 g/mol. The Kier molecular flexibility index (Phi) is 2.85. The van der Waals surface area contributed by atoms with Gasteiger partial charge in [-0.05, 0) is 44.7 Å².